The van der Waals surface area contributed by atoms with E-state index >= 15 is 0 Å². The Morgan fingerprint density at radius 2 is 2.41 bits per heavy atom. The number of nitrogens with two attached hydrogens (primary N) is 1. The summed E-state index contributed by atoms with van der Waals surface area (Å²) in [6.07, 6.45) is 5.17. The molecule has 17 heavy (non-hydrogen) atoms. The quantitative estimate of drug-likeness (QED) is 0.591. The highest BCUT2D eigenvalue weighted by molar-refractivity contribution is 6.05. The third-order valence-electron chi connectivity index (χ3n) is 2.46. The molecule has 0 bridgehead atoms. The summed E-state index contributed by atoms with van der Waals surface area (Å²) < 4.78 is 0. The molecule has 86 valence electrons. The summed E-state index contributed by atoms with van der Waals surface area (Å²) in [6.45, 7) is 0.246. The Hall–Kier alpha value is -2.48. The molecule has 0 radical (unpaired) electrons. The number of carbonyl (C=O) groups is 1. The zero-order valence-corrected chi connectivity index (χ0v) is 9.40. The maximum absolute atomic E-state index is 12.0. The number of aromatic amines is 1. The van der Waals surface area contributed by atoms with Crippen LogP contribution in [0.15, 0.2) is 18.2 Å². The van der Waals surface area contributed by atoms with Crippen LogP contribution >= 0.6 is 0 Å². The van der Waals surface area contributed by atoms with Gasteiger partial charge in [0.2, 0.25) is 0 Å². The molecule has 0 aliphatic carbocycles. The van der Waals surface area contributed by atoms with E-state index in [0.717, 1.165) is 5.52 Å². The summed E-state index contributed by atoms with van der Waals surface area (Å²) in [5, 5.41) is 7.50. The Balaban J connectivity index is 2.46. The van der Waals surface area contributed by atoms with E-state index in [1.807, 2.05) is 0 Å². The molecule has 2 rings (SSSR count). The van der Waals surface area contributed by atoms with Gasteiger partial charge in [0.1, 0.15) is 0 Å². The standard InChI is InChI=1S/C12H12N4O/c1-3-6-16(2)12(17)11-9-7-8(13)4-5-10(9)14-15-11/h1,4-5,7H,6,13H2,2H3,(H,14,15). The first-order chi connectivity index (χ1) is 8.13. The van der Waals surface area contributed by atoms with Crippen LogP contribution in [0.2, 0.25) is 0 Å². The van der Waals surface area contributed by atoms with Gasteiger partial charge in [0.05, 0.1) is 12.1 Å². The van der Waals surface area contributed by atoms with E-state index in [4.69, 9.17) is 12.2 Å². The minimum absolute atomic E-state index is 0.222. The number of H-pyrrole nitrogens is 1. The van der Waals surface area contributed by atoms with Crippen LogP contribution in [-0.4, -0.2) is 34.6 Å². The van der Waals surface area contributed by atoms with Crippen LogP contribution in [0.4, 0.5) is 5.69 Å². The lowest BCUT2D eigenvalue weighted by atomic mass is 10.2. The van der Waals surface area contributed by atoms with E-state index in [2.05, 4.69) is 16.1 Å². The van der Waals surface area contributed by atoms with E-state index < -0.39 is 0 Å². The molecule has 5 nitrogen and oxygen atoms in total. The SMILES string of the molecule is C#CCN(C)C(=O)c1n[nH]c2ccc(N)cc12. The first kappa shape index (κ1) is 11.0. The Bertz CT molecular complexity index is 608. The first-order valence-electron chi connectivity index (χ1n) is 5.06. The van der Waals surface area contributed by atoms with Crippen LogP contribution < -0.4 is 5.73 Å². The number of amides is 1. The molecule has 0 fully saturated rings. The number of benzene rings is 1. The molecule has 1 aromatic heterocycles. The van der Waals surface area contributed by atoms with Crippen molar-refractivity contribution < 1.29 is 4.79 Å². The number of nitrogen functional groups attached to an aromatic ring is 1. The number of fused-ring (bicyclic) bond motifs is 1. The number of terminal acetylenes is 1. The highest BCUT2D eigenvalue weighted by Gasteiger charge is 2.17. The van der Waals surface area contributed by atoms with Crippen LogP contribution in [0.3, 0.4) is 0 Å². The van der Waals surface area contributed by atoms with Gasteiger partial charge in [-0.2, -0.15) is 5.10 Å². The molecule has 1 heterocycles. The van der Waals surface area contributed by atoms with Crippen molar-refractivity contribution in [1.82, 2.24) is 15.1 Å². The van der Waals surface area contributed by atoms with E-state index in [0.29, 0.717) is 16.8 Å². The van der Waals surface area contributed by atoms with Crippen LogP contribution in [0.25, 0.3) is 10.9 Å². The molecule has 0 atom stereocenters. The van der Waals surface area contributed by atoms with Crippen LogP contribution in [0, 0.1) is 12.3 Å². The zero-order valence-electron chi connectivity index (χ0n) is 9.40. The number of hydrogen-bond donors (Lipinski definition) is 2. The molecule has 1 aromatic carbocycles. The summed E-state index contributed by atoms with van der Waals surface area (Å²) in [5.41, 5.74) is 7.39. The monoisotopic (exact) mass is 228 g/mol. The second kappa shape index (κ2) is 4.18. The number of nitrogens with one attached hydrogen (secondary N) is 1. The molecule has 5 heteroatoms. The molecule has 0 aliphatic heterocycles. The molecule has 1 amide bonds. The van der Waals surface area contributed by atoms with Gasteiger partial charge in [0.25, 0.3) is 5.91 Å². The fourth-order valence-electron chi connectivity index (χ4n) is 1.58. The number of rotatable bonds is 2. The fraction of sp³-hybridized carbons (Fsp3) is 0.167. The summed E-state index contributed by atoms with van der Waals surface area (Å²) in [5.74, 6) is 2.19. The van der Waals surface area contributed by atoms with Gasteiger partial charge in [-0.05, 0) is 18.2 Å². The van der Waals surface area contributed by atoms with Crippen molar-refractivity contribution in [3.8, 4) is 12.3 Å². The normalized spacial score (nSPS) is 10.1. The predicted octanol–water partition coefficient (Wildman–Crippen LogP) is 0.850. The average molecular weight is 228 g/mol. The minimum atomic E-state index is -0.222. The number of nitrogens with zero attached hydrogens (tertiary/aromatic N) is 2. The Morgan fingerprint density at radius 1 is 1.65 bits per heavy atom. The molecule has 0 unspecified atom stereocenters. The maximum atomic E-state index is 12.0. The first-order valence-corrected chi connectivity index (χ1v) is 5.06. The predicted molar refractivity (Wildman–Crippen MR) is 66.3 cm³/mol. The molecular weight excluding hydrogens is 216 g/mol. The van der Waals surface area contributed by atoms with Gasteiger partial charge in [-0.25, -0.2) is 0 Å². The second-order valence-electron chi connectivity index (χ2n) is 3.74. The van der Waals surface area contributed by atoms with Gasteiger partial charge in [-0.1, -0.05) is 5.92 Å². The highest BCUT2D eigenvalue weighted by Crippen LogP contribution is 2.19. The summed E-state index contributed by atoms with van der Waals surface area (Å²) in [6, 6.07) is 5.26. The number of aromatic nitrogens is 2. The molecule has 0 aliphatic rings. The second-order valence-corrected chi connectivity index (χ2v) is 3.74. The summed E-state index contributed by atoms with van der Waals surface area (Å²) in [4.78, 5) is 13.5. The average Bonchev–Trinajstić information content (AvgIpc) is 2.71. The Morgan fingerprint density at radius 3 is 3.12 bits per heavy atom. The van der Waals surface area contributed by atoms with Gasteiger partial charge < -0.3 is 10.6 Å². The van der Waals surface area contributed by atoms with Crippen molar-refractivity contribution in [2.45, 2.75) is 0 Å². The maximum Gasteiger partial charge on any atom is 0.275 e. The minimum Gasteiger partial charge on any atom is -0.399 e. The number of carbonyl (C=O) groups excluding carboxylic acids is 1. The van der Waals surface area contributed by atoms with Gasteiger partial charge in [0, 0.05) is 18.1 Å². The van der Waals surface area contributed by atoms with Crippen molar-refractivity contribution in [3.63, 3.8) is 0 Å². The van der Waals surface area contributed by atoms with Crippen molar-refractivity contribution >= 4 is 22.5 Å². The smallest absolute Gasteiger partial charge is 0.275 e. The lowest BCUT2D eigenvalue weighted by molar-refractivity contribution is 0.0808. The van der Waals surface area contributed by atoms with Crippen LogP contribution in [0.5, 0.6) is 0 Å². The van der Waals surface area contributed by atoms with Crippen LogP contribution in [-0.2, 0) is 0 Å². The topological polar surface area (TPSA) is 75.0 Å². The van der Waals surface area contributed by atoms with Crippen molar-refractivity contribution in [2.24, 2.45) is 0 Å². The van der Waals surface area contributed by atoms with Gasteiger partial charge in [-0.15, -0.1) is 6.42 Å². The molecule has 0 spiro atoms. The molecule has 2 aromatic rings. The molecule has 0 saturated heterocycles. The van der Waals surface area contributed by atoms with Gasteiger partial charge in [0.15, 0.2) is 5.69 Å². The molecule has 0 saturated carbocycles. The zero-order chi connectivity index (χ0) is 12.4. The van der Waals surface area contributed by atoms with Gasteiger partial charge >= 0.3 is 0 Å². The lowest BCUT2D eigenvalue weighted by Gasteiger charge is -2.11. The molecule has 3 N–H and O–H groups in total. The summed E-state index contributed by atoms with van der Waals surface area (Å²) in [7, 11) is 1.63. The Kier molecular flexibility index (Phi) is 2.71. The van der Waals surface area contributed by atoms with Crippen molar-refractivity contribution in [2.75, 3.05) is 19.3 Å². The van der Waals surface area contributed by atoms with E-state index in [1.165, 1.54) is 4.90 Å². The fourth-order valence-corrected chi connectivity index (χ4v) is 1.58. The van der Waals surface area contributed by atoms with Gasteiger partial charge in [-0.3, -0.25) is 9.89 Å². The highest BCUT2D eigenvalue weighted by atomic mass is 16.2. The third-order valence-corrected chi connectivity index (χ3v) is 2.46. The van der Waals surface area contributed by atoms with E-state index in [9.17, 15) is 4.79 Å². The number of anilines is 1. The van der Waals surface area contributed by atoms with Crippen LogP contribution in [0.1, 0.15) is 10.5 Å². The van der Waals surface area contributed by atoms with Crippen molar-refractivity contribution in [3.05, 3.63) is 23.9 Å². The number of hydrogen-bond acceptors (Lipinski definition) is 3. The summed E-state index contributed by atoms with van der Waals surface area (Å²) >= 11 is 0. The largest absolute Gasteiger partial charge is 0.399 e. The van der Waals surface area contributed by atoms with E-state index in [-0.39, 0.29) is 12.5 Å². The van der Waals surface area contributed by atoms with Crippen molar-refractivity contribution in [1.29, 1.82) is 0 Å². The third kappa shape index (κ3) is 1.93. The lowest BCUT2D eigenvalue weighted by Crippen LogP contribution is -2.27. The molecular formula is C12H12N4O. The van der Waals surface area contributed by atoms with E-state index in [1.54, 1.807) is 25.2 Å². The Labute approximate surface area is 98.6 Å².